The fourth-order valence-electron chi connectivity index (χ4n) is 2.99. The molecular formula is C13H25N3O2. The molecule has 0 aliphatic carbocycles. The smallest absolute Gasteiger partial charge is 0.320 e. The highest BCUT2D eigenvalue weighted by Crippen LogP contribution is 2.21. The first-order valence-corrected chi connectivity index (χ1v) is 6.96. The average Bonchev–Trinajstić information content (AvgIpc) is 2.69. The van der Waals surface area contributed by atoms with Gasteiger partial charge in [0.1, 0.15) is 0 Å². The number of carbonyl (C=O) groups excluding carboxylic acids is 1. The zero-order valence-electron chi connectivity index (χ0n) is 11.5. The third-order valence-electron chi connectivity index (χ3n) is 3.84. The van der Waals surface area contributed by atoms with E-state index in [2.05, 4.69) is 4.90 Å². The Hall–Kier alpha value is -0.810. The van der Waals surface area contributed by atoms with Gasteiger partial charge in [-0.3, -0.25) is 0 Å². The first-order chi connectivity index (χ1) is 8.58. The van der Waals surface area contributed by atoms with Crippen LogP contribution in [0.4, 0.5) is 4.79 Å². The number of nitrogens with zero attached hydrogens (tertiary/aromatic N) is 3. The quantitative estimate of drug-likeness (QED) is 0.785. The van der Waals surface area contributed by atoms with Crippen LogP contribution in [0.25, 0.3) is 0 Å². The third-order valence-corrected chi connectivity index (χ3v) is 3.84. The van der Waals surface area contributed by atoms with Gasteiger partial charge in [0.15, 0.2) is 0 Å². The van der Waals surface area contributed by atoms with E-state index in [0.717, 1.165) is 32.5 Å². The Morgan fingerprint density at radius 2 is 1.94 bits per heavy atom. The monoisotopic (exact) mass is 255 g/mol. The molecule has 2 fully saturated rings. The number of carbonyl (C=O) groups is 1. The van der Waals surface area contributed by atoms with Gasteiger partial charge in [0, 0.05) is 32.2 Å². The van der Waals surface area contributed by atoms with E-state index in [-0.39, 0.29) is 18.2 Å². The number of urea groups is 1. The Balaban J connectivity index is 1.97. The minimum atomic E-state index is -0.358. The Morgan fingerprint density at radius 1 is 1.28 bits per heavy atom. The average molecular weight is 255 g/mol. The molecule has 104 valence electrons. The molecule has 18 heavy (non-hydrogen) atoms. The van der Waals surface area contributed by atoms with Gasteiger partial charge in [-0.15, -0.1) is 0 Å². The van der Waals surface area contributed by atoms with Crippen LogP contribution in [0.15, 0.2) is 0 Å². The Kier molecular flexibility index (Phi) is 4.45. The molecule has 2 atom stereocenters. The lowest BCUT2D eigenvalue weighted by Crippen LogP contribution is -2.49. The Labute approximate surface area is 109 Å². The maximum absolute atomic E-state index is 12.5. The summed E-state index contributed by atoms with van der Waals surface area (Å²) < 4.78 is 0. The van der Waals surface area contributed by atoms with E-state index >= 15 is 0 Å². The molecule has 0 spiro atoms. The summed E-state index contributed by atoms with van der Waals surface area (Å²) in [5, 5.41) is 9.80. The number of hydrogen-bond donors (Lipinski definition) is 1. The molecule has 0 aromatic rings. The molecular weight excluding hydrogens is 230 g/mol. The standard InChI is InChI=1S/C13H25N3O2/c1-14(2)9-11-8-12(17)10-16(11)13(18)15-6-4-3-5-7-15/h11-12,17H,3-10H2,1-2H3. The second-order valence-electron chi connectivity index (χ2n) is 5.79. The van der Waals surface area contributed by atoms with Gasteiger partial charge < -0.3 is 19.8 Å². The summed E-state index contributed by atoms with van der Waals surface area (Å²) in [7, 11) is 4.02. The molecule has 2 heterocycles. The molecule has 2 rings (SSSR count). The van der Waals surface area contributed by atoms with Crippen LogP contribution in [0.1, 0.15) is 25.7 Å². The van der Waals surface area contributed by atoms with Crippen molar-refractivity contribution in [3.8, 4) is 0 Å². The van der Waals surface area contributed by atoms with Gasteiger partial charge >= 0.3 is 6.03 Å². The molecule has 0 aromatic carbocycles. The molecule has 2 saturated heterocycles. The highest BCUT2D eigenvalue weighted by Gasteiger charge is 2.36. The van der Waals surface area contributed by atoms with Crippen LogP contribution in [-0.2, 0) is 0 Å². The van der Waals surface area contributed by atoms with E-state index < -0.39 is 0 Å². The van der Waals surface area contributed by atoms with Crippen molar-refractivity contribution in [2.75, 3.05) is 40.3 Å². The van der Waals surface area contributed by atoms with Crippen molar-refractivity contribution in [2.45, 2.75) is 37.8 Å². The summed E-state index contributed by atoms with van der Waals surface area (Å²) in [5.74, 6) is 0. The lowest BCUT2D eigenvalue weighted by Gasteiger charge is -2.34. The number of piperidine rings is 1. The number of likely N-dealkylation sites (N-methyl/N-ethyl adjacent to an activating group) is 1. The highest BCUT2D eigenvalue weighted by molar-refractivity contribution is 5.75. The zero-order valence-corrected chi connectivity index (χ0v) is 11.5. The summed E-state index contributed by atoms with van der Waals surface area (Å²) >= 11 is 0. The third kappa shape index (κ3) is 3.14. The van der Waals surface area contributed by atoms with Crippen LogP contribution in [0.3, 0.4) is 0 Å². The van der Waals surface area contributed by atoms with Crippen LogP contribution in [0.5, 0.6) is 0 Å². The summed E-state index contributed by atoms with van der Waals surface area (Å²) in [6, 6.07) is 0.280. The number of aliphatic hydroxyl groups is 1. The topological polar surface area (TPSA) is 47.0 Å². The Bertz CT molecular complexity index is 290. The van der Waals surface area contributed by atoms with E-state index in [1.54, 1.807) is 0 Å². The van der Waals surface area contributed by atoms with Crippen molar-refractivity contribution in [1.29, 1.82) is 0 Å². The van der Waals surface area contributed by atoms with Crippen LogP contribution in [-0.4, -0.2) is 78.3 Å². The molecule has 0 saturated carbocycles. The van der Waals surface area contributed by atoms with E-state index in [4.69, 9.17) is 0 Å². The molecule has 2 aliphatic rings. The predicted octanol–water partition coefficient (Wildman–Crippen LogP) is 0.589. The molecule has 2 aliphatic heterocycles. The van der Waals surface area contributed by atoms with Gasteiger partial charge in [-0.2, -0.15) is 0 Å². The fourth-order valence-corrected chi connectivity index (χ4v) is 2.99. The van der Waals surface area contributed by atoms with Gasteiger partial charge in [0.25, 0.3) is 0 Å². The van der Waals surface area contributed by atoms with Crippen LogP contribution < -0.4 is 0 Å². The van der Waals surface area contributed by atoms with Crippen molar-refractivity contribution in [2.24, 2.45) is 0 Å². The molecule has 0 aromatic heterocycles. The largest absolute Gasteiger partial charge is 0.391 e. The van der Waals surface area contributed by atoms with Crippen LogP contribution in [0, 0.1) is 0 Å². The number of amides is 2. The zero-order chi connectivity index (χ0) is 13.1. The molecule has 2 unspecified atom stereocenters. The lowest BCUT2D eigenvalue weighted by molar-refractivity contribution is 0.126. The normalized spacial score (nSPS) is 29.1. The molecule has 5 nitrogen and oxygen atoms in total. The maximum Gasteiger partial charge on any atom is 0.320 e. The number of aliphatic hydroxyl groups excluding tert-OH is 1. The van der Waals surface area contributed by atoms with Crippen LogP contribution >= 0.6 is 0 Å². The van der Waals surface area contributed by atoms with Gasteiger partial charge in [-0.05, 0) is 39.8 Å². The van der Waals surface area contributed by atoms with Gasteiger partial charge in [-0.1, -0.05) is 0 Å². The summed E-state index contributed by atoms with van der Waals surface area (Å²) in [6.45, 7) is 3.07. The van der Waals surface area contributed by atoms with Gasteiger partial charge in [0.2, 0.25) is 0 Å². The van der Waals surface area contributed by atoms with Crippen molar-refractivity contribution < 1.29 is 9.90 Å². The summed E-state index contributed by atoms with van der Waals surface area (Å²) in [4.78, 5) is 18.4. The molecule has 2 amide bonds. The van der Waals surface area contributed by atoms with Crippen molar-refractivity contribution in [3.05, 3.63) is 0 Å². The number of likely N-dealkylation sites (tertiary alicyclic amines) is 2. The predicted molar refractivity (Wildman–Crippen MR) is 70.5 cm³/mol. The first kappa shape index (κ1) is 13.6. The van der Waals surface area contributed by atoms with Crippen molar-refractivity contribution in [3.63, 3.8) is 0 Å². The number of β-amino-alcohol motifs (C(OH)–C–C–N with tert-alkyl or cyclic N) is 1. The highest BCUT2D eigenvalue weighted by atomic mass is 16.3. The van der Waals surface area contributed by atoms with Gasteiger partial charge in [0.05, 0.1) is 6.10 Å². The second kappa shape index (κ2) is 5.89. The van der Waals surface area contributed by atoms with Crippen molar-refractivity contribution >= 4 is 6.03 Å². The van der Waals surface area contributed by atoms with E-state index in [9.17, 15) is 9.90 Å². The number of hydrogen-bond acceptors (Lipinski definition) is 3. The van der Waals surface area contributed by atoms with E-state index in [0.29, 0.717) is 13.0 Å². The summed E-state index contributed by atoms with van der Waals surface area (Å²) in [5.41, 5.74) is 0. The van der Waals surface area contributed by atoms with E-state index in [1.165, 1.54) is 6.42 Å². The Morgan fingerprint density at radius 3 is 2.56 bits per heavy atom. The van der Waals surface area contributed by atoms with E-state index in [1.807, 2.05) is 23.9 Å². The lowest BCUT2D eigenvalue weighted by atomic mass is 10.1. The second-order valence-corrected chi connectivity index (χ2v) is 5.79. The van der Waals surface area contributed by atoms with Crippen LogP contribution in [0.2, 0.25) is 0 Å². The van der Waals surface area contributed by atoms with Gasteiger partial charge in [-0.25, -0.2) is 4.79 Å². The molecule has 5 heteroatoms. The SMILES string of the molecule is CN(C)CC1CC(O)CN1C(=O)N1CCCCC1. The first-order valence-electron chi connectivity index (χ1n) is 6.96. The molecule has 1 N–H and O–H groups in total. The minimum Gasteiger partial charge on any atom is -0.391 e. The number of rotatable bonds is 2. The molecule has 0 radical (unpaired) electrons. The minimum absolute atomic E-state index is 0.123. The molecule has 0 bridgehead atoms. The fraction of sp³-hybridized carbons (Fsp3) is 0.923. The van der Waals surface area contributed by atoms with Crippen molar-refractivity contribution in [1.82, 2.24) is 14.7 Å². The summed E-state index contributed by atoms with van der Waals surface area (Å²) in [6.07, 6.45) is 3.80. The maximum atomic E-state index is 12.5.